The largest absolute Gasteiger partial charge is 0.426 e. The van der Waals surface area contributed by atoms with Crippen LogP contribution in [0.25, 0.3) is 0 Å². The highest BCUT2D eigenvalue weighted by Gasteiger charge is 2.31. The van der Waals surface area contributed by atoms with Gasteiger partial charge in [-0.05, 0) is 51.1 Å². The molecule has 0 aliphatic carbocycles. The van der Waals surface area contributed by atoms with Crippen molar-refractivity contribution in [2.24, 2.45) is 0 Å². The summed E-state index contributed by atoms with van der Waals surface area (Å²) in [6.07, 6.45) is 5.96. The number of nitrogens with zero attached hydrogens (tertiary/aromatic N) is 2. The van der Waals surface area contributed by atoms with E-state index in [1.54, 1.807) is 6.08 Å². The molecule has 0 aromatic rings. The highest BCUT2D eigenvalue weighted by molar-refractivity contribution is 7.80. The second-order valence-corrected chi connectivity index (χ2v) is 4.64. The van der Waals surface area contributed by atoms with Crippen LogP contribution in [0.1, 0.15) is 26.7 Å². The predicted molar refractivity (Wildman–Crippen MR) is 73.7 cm³/mol. The zero-order valence-corrected chi connectivity index (χ0v) is 11.6. The Morgan fingerprint density at radius 1 is 1.33 bits per heavy atom. The molecule has 0 bridgehead atoms. The predicted octanol–water partition coefficient (Wildman–Crippen LogP) is 2.03. The van der Waals surface area contributed by atoms with E-state index in [-0.39, 0.29) is 11.1 Å². The SMILES string of the molecule is CCN1C(=O)/C(=C\C=C2\CCCN2CC)OC1=S. The van der Waals surface area contributed by atoms with Crippen LogP contribution in [-0.4, -0.2) is 40.5 Å². The molecular weight excluding hydrogens is 248 g/mol. The van der Waals surface area contributed by atoms with Gasteiger partial charge in [-0.2, -0.15) is 0 Å². The summed E-state index contributed by atoms with van der Waals surface area (Å²) in [5, 5.41) is 0.255. The molecule has 0 aromatic heterocycles. The van der Waals surface area contributed by atoms with Crippen LogP contribution >= 0.6 is 12.2 Å². The van der Waals surface area contributed by atoms with Crippen molar-refractivity contribution >= 4 is 23.3 Å². The number of hydrogen-bond donors (Lipinski definition) is 0. The molecule has 5 heteroatoms. The highest BCUT2D eigenvalue weighted by atomic mass is 32.1. The molecule has 2 aliphatic heterocycles. The van der Waals surface area contributed by atoms with Crippen LogP contribution < -0.4 is 0 Å². The molecule has 2 heterocycles. The van der Waals surface area contributed by atoms with Crippen molar-refractivity contribution < 1.29 is 9.53 Å². The van der Waals surface area contributed by atoms with Gasteiger partial charge in [0.05, 0.1) is 0 Å². The Morgan fingerprint density at radius 2 is 2.11 bits per heavy atom. The number of rotatable bonds is 3. The minimum atomic E-state index is -0.139. The molecule has 0 unspecified atom stereocenters. The standard InChI is InChI=1S/C13H18N2O2S/c1-3-14-9-5-6-10(14)7-8-11-12(16)15(4-2)13(18)17-11/h7-8H,3-6,9H2,1-2H3/b10-7-,11-8+. The third-order valence-corrected chi connectivity index (χ3v) is 3.57. The molecule has 98 valence electrons. The van der Waals surface area contributed by atoms with Crippen LogP contribution in [0, 0.1) is 0 Å². The lowest BCUT2D eigenvalue weighted by molar-refractivity contribution is -0.122. The van der Waals surface area contributed by atoms with Crippen molar-refractivity contribution in [1.82, 2.24) is 9.80 Å². The first-order chi connectivity index (χ1) is 8.67. The molecular formula is C13H18N2O2S. The van der Waals surface area contributed by atoms with Gasteiger partial charge >= 0.3 is 0 Å². The number of carbonyl (C=O) groups is 1. The molecule has 0 aromatic carbocycles. The monoisotopic (exact) mass is 266 g/mol. The summed E-state index contributed by atoms with van der Waals surface area (Å²) in [5.41, 5.74) is 1.27. The Bertz CT molecular complexity index is 429. The van der Waals surface area contributed by atoms with Crippen LogP contribution in [0.2, 0.25) is 0 Å². The average Bonchev–Trinajstić information content (AvgIpc) is 2.91. The molecule has 0 radical (unpaired) electrons. The number of likely N-dealkylation sites (tertiary alicyclic amines) is 1. The van der Waals surface area contributed by atoms with Crippen molar-refractivity contribution in [3.05, 3.63) is 23.6 Å². The van der Waals surface area contributed by atoms with Crippen molar-refractivity contribution in [1.29, 1.82) is 0 Å². The first kappa shape index (κ1) is 13.1. The summed E-state index contributed by atoms with van der Waals surface area (Å²) in [4.78, 5) is 15.7. The summed E-state index contributed by atoms with van der Waals surface area (Å²) in [7, 11) is 0. The molecule has 0 spiro atoms. The van der Waals surface area contributed by atoms with Crippen LogP contribution in [0.15, 0.2) is 23.6 Å². The van der Waals surface area contributed by atoms with E-state index < -0.39 is 0 Å². The third-order valence-electron chi connectivity index (χ3n) is 3.27. The fourth-order valence-corrected chi connectivity index (χ4v) is 2.56. The van der Waals surface area contributed by atoms with Gasteiger partial charge in [-0.3, -0.25) is 9.69 Å². The zero-order chi connectivity index (χ0) is 13.1. The van der Waals surface area contributed by atoms with E-state index in [1.165, 1.54) is 17.0 Å². The van der Waals surface area contributed by atoms with E-state index >= 15 is 0 Å². The molecule has 18 heavy (non-hydrogen) atoms. The van der Waals surface area contributed by atoms with E-state index in [0.717, 1.165) is 19.5 Å². The lowest BCUT2D eigenvalue weighted by Gasteiger charge is -2.16. The Morgan fingerprint density at radius 3 is 2.72 bits per heavy atom. The minimum Gasteiger partial charge on any atom is -0.426 e. The van der Waals surface area contributed by atoms with Gasteiger partial charge < -0.3 is 9.64 Å². The minimum absolute atomic E-state index is 0.139. The summed E-state index contributed by atoms with van der Waals surface area (Å²) in [6.45, 7) is 6.66. The number of thiocarbonyl (C=S) groups is 1. The molecule has 1 amide bonds. The fourth-order valence-electron chi connectivity index (χ4n) is 2.26. The van der Waals surface area contributed by atoms with Gasteiger partial charge in [-0.25, -0.2) is 0 Å². The molecule has 4 nitrogen and oxygen atoms in total. The molecule has 0 atom stereocenters. The van der Waals surface area contributed by atoms with Crippen LogP contribution in [0.5, 0.6) is 0 Å². The number of hydrogen-bond acceptors (Lipinski definition) is 4. The number of ether oxygens (including phenoxy) is 1. The van der Waals surface area contributed by atoms with Crippen LogP contribution in [-0.2, 0) is 9.53 Å². The van der Waals surface area contributed by atoms with E-state index in [9.17, 15) is 4.79 Å². The van der Waals surface area contributed by atoms with Crippen molar-refractivity contribution in [2.45, 2.75) is 26.7 Å². The Balaban J connectivity index is 2.13. The normalized spacial score (nSPS) is 24.6. The zero-order valence-electron chi connectivity index (χ0n) is 10.8. The van der Waals surface area contributed by atoms with Crippen LogP contribution in [0.4, 0.5) is 0 Å². The van der Waals surface area contributed by atoms with Crippen LogP contribution in [0.3, 0.4) is 0 Å². The summed E-state index contributed by atoms with van der Waals surface area (Å²) in [6, 6.07) is 0. The van der Waals surface area contributed by atoms with E-state index in [2.05, 4.69) is 11.8 Å². The van der Waals surface area contributed by atoms with Crippen molar-refractivity contribution in [3.63, 3.8) is 0 Å². The lowest BCUT2D eigenvalue weighted by atomic mass is 10.2. The van der Waals surface area contributed by atoms with Gasteiger partial charge in [-0.15, -0.1) is 0 Å². The third kappa shape index (κ3) is 2.41. The maximum absolute atomic E-state index is 11.9. The van der Waals surface area contributed by atoms with Crippen molar-refractivity contribution in [2.75, 3.05) is 19.6 Å². The smallest absolute Gasteiger partial charge is 0.297 e. The maximum Gasteiger partial charge on any atom is 0.297 e. The quantitative estimate of drug-likeness (QED) is 0.578. The van der Waals surface area contributed by atoms with Crippen molar-refractivity contribution in [3.8, 4) is 0 Å². The maximum atomic E-state index is 11.9. The average molecular weight is 266 g/mol. The van der Waals surface area contributed by atoms with Gasteiger partial charge in [0.2, 0.25) is 0 Å². The summed E-state index contributed by atoms with van der Waals surface area (Å²) < 4.78 is 5.31. The van der Waals surface area contributed by atoms with Gasteiger partial charge in [0, 0.05) is 25.3 Å². The summed E-state index contributed by atoms with van der Waals surface area (Å²) in [5.74, 6) is 0.192. The van der Waals surface area contributed by atoms with Gasteiger partial charge in [-0.1, -0.05) is 0 Å². The molecule has 2 rings (SSSR count). The second kappa shape index (κ2) is 5.52. The molecule has 0 N–H and O–H groups in total. The van der Waals surface area contributed by atoms with Gasteiger partial charge in [0.15, 0.2) is 5.76 Å². The van der Waals surface area contributed by atoms with E-state index in [4.69, 9.17) is 17.0 Å². The Kier molecular flexibility index (Phi) is 4.01. The Hall–Kier alpha value is -1.36. The molecule has 2 fully saturated rings. The number of likely N-dealkylation sites (N-methyl/N-ethyl adjacent to an activating group) is 1. The van der Waals surface area contributed by atoms with Gasteiger partial charge in [0.1, 0.15) is 0 Å². The second-order valence-electron chi connectivity index (χ2n) is 4.29. The highest BCUT2D eigenvalue weighted by Crippen LogP contribution is 2.22. The fraction of sp³-hybridized carbons (Fsp3) is 0.538. The number of amides is 1. The molecule has 2 saturated heterocycles. The first-order valence-electron chi connectivity index (χ1n) is 6.36. The first-order valence-corrected chi connectivity index (χ1v) is 6.77. The number of allylic oxidation sites excluding steroid dienone is 3. The molecule has 0 saturated carbocycles. The van der Waals surface area contributed by atoms with E-state index in [1.807, 2.05) is 13.0 Å². The topological polar surface area (TPSA) is 32.8 Å². The number of carbonyl (C=O) groups excluding carboxylic acids is 1. The van der Waals surface area contributed by atoms with Gasteiger partial charge in [0.25, 0.3) is 11.1 Å². The molecule has 2 aliphatic rings. The Labute approximate surface area is 113 Å². The van der Waals surface area contributed by atoms with E-state index in [0.29, 0.717) is 12.3 Å². The lowest BCUT2D eigenvalue weighted by Crippen LogP contribution is -2.27. The summed E-state index contributed by atoms with van der Waals surface area (Å²) >= 11 is 5.00.